The molecule has 1 saturated heterocycles. The molecule has 154 valence electrons. The van der Waals surface area contributed by atoms with E-state index in [0.29, 0.717) is 39.9 Å². The van der Waals surface area contributed by atoms with E-state index in [9.17, 15) is 14.7 Å². The van der Waals surface area contributed by atoms with Crippen molar-refractivity contribution >= 4 is 33.8 Å². The topological polar surface area (TPSA) is 89.3 Å². The molecule has 0 amide bonds. The molecule has 0 radical (unpaired) electrons. The van der Waals surface area contributed by atoms with Gasteiger partial charge < -0.3 is 19.0 Å². The largest absolute Gasteiger partial charge is 0.507 e. The molecule has 30 heavy (non-hydrogen) atoms. The van der Waals surface area contributed by atoms with E-state index in [1.165, 1.54) is 13.0 Å². The van der Waals surface area contributed by atoms with Gasteiger partial charge in [-0.2, -0.15) is 0 Å². The molecule has 5 rings (SSSR count). The van der Waals surface area contributed by atoms with Crippen LogP contribution in [0.1, 0.15) is 37.5 Å². The number of aryl methyl sites for hydroxylation is 1. The third kappa shape index (κ3) is 2.75. The highest BCUT2D eigenvalue weighted by Crippen LogP contribution is 2.41. The Labute approximate surface area is 172 Å². The van der Waals surface area contributed by atoms with Crippen molar-refractivity contribution in [3.63, 3.8) is 0 Å². The Morgan fingerprint density at radius 1 is 1.27 bits per heavy atom. The van der Waals surface area contributed by atoms with Gasteiger partial charge in [-0.05, 0) is 57.0 Å². The molecule has 1 atom stereocenters. The van der Waals surface area contributed by atoms with Crippen molar-refractivity contribution in [3.05, 3.63) is 50.7 Å². The average Bonchev–Trinajstić information content (AvgIpc) is 3.29. The van der Waals surface area contributed by atoms with Crippen LogP contribution in [0.4, 0.5) is 0 Å². The average molecular weight is 406 g/mol. The summed E-state index contributed by atoms with van der Waals surface area (Å²) < 4.78 is 17.7. The quantitative estimate of drug-likeness (QED) is 0.522. The van der Waals surface area contributed by atoms with E-state index >= 15 is 0 Å². The number of benzene rings is 2. The maximum atomic E-state index is 13.5. The second-order valence-electron chi connectivity index (χ2n) is 8.62. The van der Waals surface area contributed by atoms with Crippen molar-refractivity contribution in [2.24, 2.45) is 0 Å². The van der Waals surface area contributed by atoms with Gasteiger partial charge in [0.05, 0.1) is 17.1 Å². The lowest BCUT2D eigenvalue weighted by atomic mass is 9.95. The van der Waals surface area contributed by atoms with Crippen LogP contribution in [0.25, 0.3) is 28.0 Å². The van der Waals surface area contributed by atoms with Gasteiger partial charge in [-0.15, -0.1) is 0 Å². The lowest BCUT2D eigenvalue weighted by Gasteiger charge is -2.20. The maximum Gasteiger partial charge on any atom is 0.205 e. The van der Waals surface area contributed by atoms with E-state index in [-0.39, 0.29) is 40.7 Å². The number of phenolic OH excluding ortho intramolecular Hbond substituents is 1. The van der Waals surface area contributed by atoms with Crippen molar-refractivity contribution in [2.75, 3.05) is 6.61 Å². The fourth-order valence-corrected chi connectivity index (χ4v) is 4.17. The molecule has 1 fully saturated rings. The summed E-state index contributed by atoms with van der Waals surface area (Å²) in [5.41, 5.74) is 2.84. The number of ketones is 1. The highest BCUT2D eigenvalue weighted by molar-refractivity contribution is 6.05. The predicted molar refractivity (Wildman–Crippen MR) is 113 cm³/mol. The monoisotopic (exact) mass is 406 g/mol. The van der Waals surface area contributed by atoms with Crippen LogP contribution in [-0.4, -0.2) is 29.2 Å². The fraction of sp³-hybridized carbons (Fsp3) is 0.333. The fourth-order valence-electron chi connectivity index (χ4n) is 4.17. The van der Waals surface area contributed by atoms with E-state index in [0.717, 1.165) is 11.1 Å². The first kappa shape index (κ1) is 18.9. The van der Waals surface area contributed by atoms with Crippen LogP contribution in [0.3, 0.4) is 0 Å². The second kappa shape index (κ2) is 6.19. The van der Waals surface area contributed by atoms with E-state index in [2.05, 4.69) is 0 Å². The third-order valence-corrected chi connectivity index (χ3v) is 6.06. The summed E-state index contributed by atoms with van der Waals surface area (Å²) in [5, 5.41) is 10.9. The Balaban J connectivity index is 1.82. The molecule has 0 saturated carbocycles. The van der Waals surface area contributed by atoms with Crippen LogP contribution in [0.2, 0.25) is 0 Å². The standard InChI is InChI=1S/C24H22O6/c1-11-7-17-19(15-8-14(12(2)25)10-28-22(11)15)21(27)20-16(26)6-5-13(23(20)29-17)9-18-24(3,4)30-18/h5-8,18,26H,9-10H2,1-4H3/t18-/m0/s1. The van der Waals surface area contributed by atoms with Gasteiger partial charge in [0.2, 0.25) is 5.43 Å². The molecule has 2 aliphatic heterocycles. The normalized spacial score (nSPS) is 19.3. The van der Waals surface area contributed by atoms with Crippen molar-refractivity contribution in [3.8, 4) is 11.5 Å². The van der Waals surface area contributed by atoms with Crippen molar-refractivity contribution in [1.29, 1.82) is 0 Å². The molecule has 3 heterocycles. The summed E-state index contributed by atoms with van der Waals surface area (Å²) in [6.45, 7) is 7.54. The molecule has 0 bridgehead atoms. The lowest BCUT2D eigenvalue weighted by Crippen LogP contribution is -2.16. The van der Waals surface area contributed by atoms with E-state index < -0.39 is 0 Å². The van der Waals surface area contributed by atoms with Crippen molar-refractivity contribution in [1.82, 2.24) is 0 Å². The molecule has 0 aliphatic carbocycles. The Morgan fingerprint density at radius 3 is 2.67 bits per heavy atom. The number of ether oxygens (including phenoxy) is 2. The first-order valence-electron chi connectivity index (χ1n) is 9.94. The summed E-state index contributed by atoms with van der Waals surface area (Å²) in [5.74, 6) is 0.308. The summed E-state index contributed by atoms with van der Waals surface area (Å²) in [7, 11) is 0. The van der Waals surface area contributed by atoms with Gasteiger partial charge in [-0.1, -0.05) is 6.07 Å². The zero-order valence-electron chi connectivity index (χ0n) is 17.3. The van der Waals surface area contributed by atoms with Crippen molar-refractivity contribution in [2.45, 2.75) is 45.8 Å². The summed E-state index contributed by atoms with van der Waals surface area (Å²) in [4.78, 5) is 25.4. The molecular weight excluding hydrogens is 384 g/mol. The third-order valence-electron chi connectivity index (χ3n) is 6.06. The molecule has 0 spiro atoms. The number of fused-ring (bicyclic) bond motifs is 4. The zero-order chi connectivity index (χ0) is 21.4. The first-order chi connectivity index (χ1) is 14.2. The van der Waals surface area contributed by atoms with Gasteiger partial charge in [0.15, 0.2) is 5.78 Å². The smallest absolute Gasteiger partial charge is 0.205 e. The highest BCUT2D eigenvalue weighted by Gasteiger charge is 2.47. The number of hydrogen-bond donors (Lipinski definition) is 1. The number of carbonyl (C=O) groups is 1. The molecule has 6 nitrogen and oxygen atoms in total. The number of phenols is 1. The van der Waals surface area contributed by atoms with Gasteiger partial charge in [0.25, 0.3) is 0 Å². The van der Waals surface area contributed by atoms with Gasteiger partial charge in [-0.25, -0.2) is 0 Å². The number of rotatable bonds is 3. The lowest BCUT2D eigenvalue weighted by molar-refractivity contribution is -0.113. The minimum absolute atomic E-state index is 0.0333. The molecule has 1 aromatic heterocycles. The van der Waals surface area contributed by atoms with E-state index in [4.69, 9.17) is 13.9 Å². The van der Waals surface area contributed by atoms with Gasteiger partial charge in [-0.3, -0.25) is 9.59 Å². The second-order valence-corrected chi connectivity index (χ2v) is 8.62. The van der Waals surface area contributed by atoms with Crippen LogP contribution in [0.5, 0.6) is 11.5 Å². The van der Waals surface area contributed by atoms with Crippen LogP contribution >= 0.6 is 0 Å². The maximum absolute atomic E-state index is 13.5. The number of carbonyl (C=O) groups excluding carboxylic acids is 1. The number of hydrogen-bond acceptors (Lipinski definition) is 6. The number of epoxide rings is 1. The highest BCUT2D eigenvalue weighted by atomic mass is 16.6. The SMILES string of the molecule is CC(=O)C1=Cc2c(c(C)cc3oc4c(C[C@@H]5OC5(C)C)ccc(O)c4c(=O)c23)OC1. The summed E-state index contributed by atoms with van der Waals surface area (Å²) in [6, 6.07) is 5.06. The van der Waals surface area contributed by atoms with Gasteiger partial charge in [0.1, 0.15) is 34.7 Å². The van der Waals surface area contributed by atoms with E-state index in [1.54, 1.807) is 18.2 Å². The zero-order valence-corrected chi connectivity index (χ0v) is 17.3. The van der Waals surface area contributed by atoms with Crippen LogP contribution in [0, 0.1) is 6.92 Å². The Morgan fingerprint density at radius 2 is 2.00 bits per heavy atom. The molecule has 6 heteroatoms. The van der Waals surface area contributed by atoms with Crippen LogP contribution in [-0.2, 0) is 16.0 Å². The van der Waals surface area contributed by atoms with Crippen molar-refractivity contribution < 1.29 is 23.8 Å². The van der Waals surface area contributed by atoms with Gasteiger partial charge in [0, 0.05) is 17.6 Å². The minimum Gasteiger partial charge on any atom is -0.507 e. The molecular formula is C24H22O6. The van der Waals surface area contributed by atoms with E-state index in [1.807, 2.05) is 20.8 Å². The summed E-state index contributed by atoms with van der Waals surface area (Å²) in [6.07, 6.45) is 2.31. The van der Waals surface area contributed by atoms with Crippen LogP contribution < -0.4 is 10.2 Å². The predicted octanol–water partition coefficient (Wildman–Crippen LogP) is 4.04. The number of aromatic hydroxyl groups is 1. The Kier molecular flexibility index (Phi) is 3.89. The van der Waals surface area contributed by atoms with Gasteiger partial charge >= 0.3 is 0 Å². The Hall–Kier alpha value is -3.12. The minimum atomic E-state index is -0.345. The molecule has 2 aromatic carbocycles. The Bertz CT molecular complexity index is 1340. The first-order valence-corrected chi connectivity index (χ1v) is 9.94. The number of Topliss-reactive ketones (excluding diaryl/α,β-unsaturated/α-hetero) is 1. The molecule has 2 aliphatic rings. The molecule has 1 N–H and O–H groups in total. The summed E-state index contributed by atoms with van der Waals surface area (Å²) >= 11 is 0. The molecule has 3 aromatic rings. The molecule has 0 unspecified atom stereocenters. The van der Waals surface area contributed by atoms with Crippen LogP contribution in [0.15, 0.2) is 33.0 Å².